The maximum atomic E-state index is 6.11. The van der Waals surface area contributed by atoms with Gasteiger partial charge in [0.1, 0.15) is 5.75 Å². The van der Waals surface area contributed by atoms with Crippen LogP contribution in [0.4, 0.5) is 0 Å². The molecule has 1 saturated heterocycles. The van der Waals surface area contributed by atoms with Gasteiger partial charge in [0.15, 0.2) is 0 Å². The number of ether oxygens (including phenoxy) is 1. The van der Waals surface area contributed by atoms with Crippen molar-refractivity contribution in [3.05, 3.63) is 28.8 Å². The molecule has 2 nitrogen and oxygen atoms in total. The van der Waals surface area contributed by atoms with Crippen LogP contribution in [-0.2, 0) is 0 Å². The Morgan fingerprint density at radius 1 is 1.47 bits per heavy atom. The molecule has 1 unspecified atom stereocenters. The third-order valence-corrected chi connectivity index (χ3v) is 3.26. The van der Waals surface area contributed by atoms with Gasteiger partial charge in [-0.1, -0.05) is 17.7 Å². The number of hydrogen-bond acceptors (Lipinski definition) is 2. The molecule has 2 rings (SSSR count). The molecule has 17 heavy (non-hydrogen) atoms. The summed E-state index contributed by atoms with van der Waals surface area (Å²) in [5.41, 5.74) is 1.16. The normalized spacial score (nSPS) is 19.5. The van der Waals surface area contributed by atoms with Crippen LogP contribution in [0.25, 0.3) is 0 Å². The Labute approximate surface area is 114 Å². The van der Waals surface area contributed by atoms with E-state index in [1.807, 2.05) is 25.1 Å². The largest absolute Gasteiger partial charge is 0.492 e. The standard InChI is InChI=1S/C13H18ClNO.ClH/c1-10-4-5-13(12(14)7-10)16-9-11-3-2-6-15-8-11;/h4-5,7,11,15H,2-3,6,8-9H2,1H3;1H. The van der Waals surface area contributed by atoms with E-state index in [2.05, 4.69) is 5.32 Å². The molecule has 1 heterocycles. The summed E-state index contributed by atoms with van der Waals surface area (Å²) in [4.78, 5) is 0. The minimum atomic E-state index is 0. The van der Waals surface area contributed by atoms with Gasteiger partial charge < -0.3 is 10.1 Å². The smallest absolute Gasteiger partial charge is 0.137 e. The summed E-state index contributed by atoms with van der Waals surface area (Å²) in [6.45, 7) is 4.99. The zero-order valence-electron chi connectivity index (χ0n) is 10.0. The zero-order valence-corrected chi connectivity index (χ0v) is 11.6. The molecule has 0 radical (unpaired) electrons. The van der Waals surface area contributed by atoms with E-state index < -0.39 is 0 Å². The maximum Gasteiger partial charge on any atom is 0.137 e. The first-order chi connectivity index (χ1) is 7.75. The van der Waals surface area contributed by atoms with Gasteiger partial charge in [-0.05, 0) is 44.0 Å². The van der Waals surface area contributed by atoms with Gasteiger partial charge >= 0.3 is 0 Å². The second-order valence-corrected chi connectivity index (χ2v) is 4.86. The minimum Gasteiger partial charge on any atom is -0.492 e. The lowest BCUT2D eigenvalue weighted by molar-refractivity contribution is 0.218. The Hall–Kier alpha value is -0.440. The summed E-state index contributed by atoms with van der Waals surface area (Å²) < 4.78 is 5.76. The molecular weight excluding hydrogens is 257 g/mol. The van der Waals surface area contributed by atoms with Crippen LogP contribution in [0.2, 0.25) is 5.02 Å². The van der Waals surface area contributed by atoms with Gasteiger partial charge in [0.2, 0.25) is 0 Å². The van der Waals surface area contributed by atoms with Crippen molar-refractivity contribution >= 4 is 24.0 Å². The van der Waals surface area contributed by atoms with Crippen molar-refractivity contribution in [2.24, 2.45) is 5.92 Å². The fourth-order valence-corrected chi connectivity index (χ4v) is 2.29. The molecule has 1 atom stereocenters. The SMILES string of the molecule is Cc1ccc(OCC2CCCNC2)c(Cl)c1.Cl. The molecule has 0 saturated carbocycles. The number of hydrogen-bond donors (Lipinski definition) is 1. The first-order valence-corrected chi connectivity index (χ1v) is 6.23. The van der Waals surface area contributed by atoms with E-state index in [0.29, 0.717) is 10.9 Å². The molecule has 0 amide bonds. The van der Waals surface area contributed by atoms with Crippen molar-refractivity contribution in [2.45, 2.75) is 19.8 Å². The molecule has 1 fully saturated rings. The van der Waals surface area contributed by atoms with E-state index in [0.717, 1.165) is 31.0 Å². The first-order valence-electron chi connectivity index (χ1n) is 5.85. The molecule has 1 aliphatic rings. The second kappa shape index (κ2) is 7.10. The van der Waals surface area contributed by atoms with Gasteiger partial charge in [-0.2, -0.15) is 0 Å². The van der Waals surface area contributed by atoms with Gasteiger partial charge in [-0.15, -0.1) is 12.4 Å². The molecule has 0 aliphatic carbocycles. The summed E-state index contributed by atoms with van der Waals surface area (Å²) >= 11 is 6.11. The predicted octanol–water partition coefficient (Wildman–Crippen LogP) is 3.45. The molecule has 1 aromatic rings. The van der Waals surface area contributed by atoms with Crippen LogP contribution in [0.5, 0.6) is 5.75 Å². The number of benzene rings is 1. The molecule has 96 valence electrons. The first kappa shape index (κ1) is 14.6. The lowest BCUT2D eigenvalue weighted by Gasteiger charge is -2.23. The van der Waals surface area contributed by atoms with E-state index in [1.54, 1.807) is 0 Å². The third-order valence-electron chi connectivity index (χ3n) is 2.96. The average molecular weight is 276 g/mol. The van der Waals surface area contributed by atoms with Crippen molar-refractivity contribution in [1.29, 1.82) is 0 Å². The number of aryl methyl sites for hydroxylation is 1. The molecule has 1 N–H and O–H groups in total. The van der Waals surface area contributed by atoms with Crippen LogP contribution in [0, 0.1) is 12.8 Å². The highest BCUT2D eigenvalue weighted by molar-refractivity contribution is 6.32. The maximum absolute atomic E-state index is 6.11. The molecule has 0 spiro atoms. The van der Waals surface area contributed by atoms with E-state index in [-0.39, 0.29) is 12.4 Å². The predicted molar refractivity (Wildman–Crippen MR) is 74.5 cm³/mol. The van der Waals surface area contributed by atoms with Crippen molar-refractivity contribution in [1.82, 2.24) is 5.32 Å². The van der Waals surface area contributed by atoms with Crippen molar-refractivity contribution < 1.29 is 4.74 Å². The van der Waals surface area contributed by atoms with Gasteiger partial charge in [0.05, 0.1) is 11.6 Å². The van der Waals surface area contributed by atoms with Crippen LogP contribution in [0.15, 0.2) is 18.2 Å². The van der Waals surface area contributed by atoms with Gasteiger partial charge in [-0.3, -0.25) is 0 Å². The zero-order chi connectivity index (χ0) is 11.4. The van der Waals surface area contributed by atoms with Crippen LogP contribution < -0.4 is 10.1 Å². The number of rotatable bonds is 3. The summed E-state index contributed by atoms with van der Waals surface area (Å²) in [5, 5.41) is 4.09. The van der Waals surface area contributed by atoms with E-state index in [9.17, 15) is 0 Å². The molecule has 0 aromatic heterocycles. The summed E-state index contributed by atoms with van der Waals surface area (Å²) in [7, 11) is 0. The lowest BCUT2D eigenvalue weighted by Crippen LogP contribution is -2.33. The summed E-state index contributed by atoms with van der Waals surface area (Å²) in [6.07, 6.45) is 2.49. The van der Waals surface area contributed by atoms with Crippen LogP contribution >= 0.6 is 24.0 Å². The molecule has 1 aromatic carbocycles. The van der Waals surface area contributed by atoms with Crippen LogP contribution in [0.3, 0.4) is 0 Å². The van der Waals surface area contributed by atoms with Crippen molar-refractivity contribution in [3.63, 3.8) is 0 Å². The topological polar surface area (TPSA) is 21.3 Å². The quantitative estimate of drug-likeness (QED) is 0.913. The fourth-order valence-electron chi connectivity index (χ4n) is 2.00. The van der Waals surface area contributed by atoms with Crippen LogP contribution in [-0.4, -0.2) is 19.7 Å². The highest BCUT2D eigenvalue weighted by atomic mass is 35.5. The van der Waals surface area contributed by atoms with Gasteiger partial charge in [-0.25, -0.2) is 0 Å². The Morgan fingerprint density at radius 3 is 2.94 bits per heavy atom. The van der Waals surface area contributed by atoms with Crippen molar-refractivity contribution in [3.8, 4) is 5.75 Å². The van der Waals surface area contributed by atoms with Gasteiger partial charge in [0.25, 0.3) is 0 Å². The molecule has 4 heteroatoms. The van der Waals surface area contributed by atoms with Crippen molar-refractivity contribution in [2.75, 3.05) is 19.7 Å². The van der Waals surface area contributed by atoms with E-state index in [4.69, 9.17) is 16.3 Å². The monoisotopic (exact) mass is 275 g/mol. The molecule has 0 bridgehead atoms. The Bertz CT molecular complexity index is 351. The summed E-state index contributed by atoms with van der Waals surface area (Å²) in [5.74, 6) is 1.42. The highest BCUT2D eigenvalue weighted by Gasteiger charge is 2.14. The average Bonchev–Trinajstić information content (AvgIpc) is 2.29. The third kappa shape index (κ3) is 4.38. The number of piperidine rings is 1. The van der Waals surface area contributed by atoms with Gasteiger partial charge in [0, 0.05) is 12.5 Å². The lowest BCUT2D eigenvalue weighted by atomic mass is 10.0. The Morgan fingerprint density at radius 2 is 2.29 bits per heavy atom. The molecule has 1 aliphatic heterocycles. The summed E-state index contributed by atoms with van der Waals surface area (Å²) in [6, 6.07) is 5.92. The van der Waals surface area contributed by atoms with Crippen LogP contribution in [0.1, 0.15) is 18.4 Å². The highest BCUT2D eigenvalue weighted by Crippen LogP contribution is 2.26. The van der Waals surface area contributed by atoms with E-state index in [1.165, 1.54) is 12.8 Å². The second-order valence-electron chi connectivity index (χ2n) is 4.46. The number of halogens is 2. The number of nitrogens with one attached hydrogen (secondary N) is 1. The minimum absolute atomic E-state index is 0. The Balaban J connectivity index is 0.00000144. The molecular formula is C13H19Cl2NO. The fraction of sp³-hybridized carbons (Fsp3) is 0.538. The van der Waals surface area contributed by atoms with E-state index >= 15 is 0 Å². The Kier molecular flexibility index (Phi) is 6.10.